The summed E-state index contributed by atoms with van der Waals surface area (Å²) >= 11 is 3.52. The highest BCUT2D eigenvalue weighted by Gasteiger charge is 2.11. The first kappa shape index (κ1) is 14.2. The molecule has 0 radical (unpaired) electrons. The zero-order valence-electron chi connectivity index (χ0n) is 10.4. The van der Waals surface area contributed by atoms with Crippen molar-refractivity contribution in [2.24, 2.45) is 0 Å². The summed E-state index contributed by atoms with van der Waals surface area (Å²) in [5.41, 5.74) is 2.58. The molecule has 1 aromatic rings. The summed E-state index contributed by atoms with van der Waals surface area (Å²) in [6.07, 6.45) is 2.33. The molecule has 0 amide bonds. The lowest BCUT2D eigenvalue weighted by molar-refractivity contribution is -0.143. The van der Waals surface area contributed by atoms with Crippen LogP contribution in [0.2, 0.25) is 0 Å². The number of hydrogen-bond donors (Lipinski definition) is 0. The SMILES string of the molecule is CCOC(=O)CC(Br)Cc1ccc(CC)cc1. The second-order valence-electron chi connectivity index (χ2n) is 3.98. The summed E-state index contributed by atoms with van der Waals surface area (Å²) in [5.74, 6) is -0.139. The standard InChI is InChI=1S/C14H19BrO2/c1-3-11-5-7-12(8-6-11)9-13(15)10-14(16)17-4-2/h5-8,13H,3-4,9-10H2,1-2H3. The summed E-state index contributed by atoms with van der Waals surface area (Å²) in [5, 5.41) is 0. The third-order valence-corrected chi connectivity index (χ3v) is 3.23. The Morgan fingerprint density at radius 1 is 1.24 bits per heavy atom. The predicted molar refractivity (Wildman–Crippen MR) is 73.5 cm³/mol. The Kier molecular flexibility index (Phi) is 6.27. The van der Waals surface area contributed by atoms with Crippen LogP contribution < -0.4 is 0 Å². The Labute approximate surface area is 111 Å². The van der Waals surface area contributed by atoms with Gasteiger partial charge < -0.3 is 4.74 Å². The van der Waals surface area contributed by atoms with Gasteiger partial charge in [-0.25, -0.2) is 0 Å². The Morgan fingerprint density at radius 3 is 2.35 bits per heavy atom. The molecule has 1 rings (SSSR count). The number of benzene rings is 1. The van der Waals surface area contributed by atoms with Crippen LogP contribution in [0.15, 0.2) is 24.3 Å². The van der Waals surface area contributed by atoms with Crippen LogP contribution in [0.4, 0.5) is 0 Å². The summed E-state index contributed by atoms with van der Waals surface area (Å²) < 4.78 is 4.92. The van der Waals surface area contributed by atoms with Crippen LogP contribution in [0, 0.1) is 0 Å². The van der Waals surface area contributed by atoms with Crippen molar-refractivity contribution in [2.45, 2.75) is 37.9 Å². The first-order valence-corrected chi connectivity index (χ1v) is 6.94. The van der Waals surface area contributed by atoms with Crippen LogP contribution in [-0.2, 0) is 22.4 Å². The number of carbonyl (C=O) groups excluding carboxylic acids is 1. The highest BCUT2D eigenvalue weighted by Crippen LogP contribution is 2.15. The third kappa shape index (κ3) is 5.35. The van der Waals surface area contributed by atoms with Gasteiger partial charge in [0, 0.05) is 4.83 Å². The number of halogens is 1. The fourth-order valence-electron chi connectivity index (χ4n) is 1.64. The summed E-state index contributed by atoms with van der Waals surface area (Å²) in [6.45, 7) is 4.41. The molecule has 0 aliphatic heterocycles. The highest BCUT2D eigenvalue weighted by atomic mass is 79.9. The van der Waals surface area contributed by atoms with Crippen LogP contribution in [0.25, 0.3) is 0 Å². The first-order valence-electron chi connectivity index (χ1n) is 6.03. The van der Waals surface area contributed by atoms with E-state index in [1.54, 1.807) is 0 Å². The molecule has 0 fully saturated rings. The van der Waals surface area contributed by atoms with Crippen LogP contribution in [0.3, 0.4) is 0 Å². The average Bonchev–Trinajstić information content (AvgIpc) is 2.30. The minimum absolute atomic E-state index is 0.139. The second kappa shape index (κ2) is 7.49. The molecule has 17 heavy (non-hydrogen) atoms. The molecule has 0 N–H and O–H groups in total. The van der Waals surface area contributed by atoms with Crippen molar-refractivity contribution < 1.29 is 9.53 Å². The lowest BCUT2D eigenvalue weighted by Gasteiger charge is -2.09. The van der Waals surface area contributed by atoms with Gasteiger partial charge in [0.05, 0.1) is 13.0 Å². The predicted octanol–water partition coefficient (Wildman–Crippen LogP) is 3.51. The van der Waals surface area contributed by atoms with E-state index in [4.69, 9.17) is 4.74 Å². The maximum atomic E-state index is 11.3. The fraction of sp³-hybridized carbons (Fsp3) is 0.500. The first-order chi connectivity index (χ1) is 8.15. The van der Waals surface area contributed by atoms with Crippen molar-refractivity contribution >= 4 is 21.9 Å². The Hall–Kier alpha value is -0.830. The zero-order valence-corrected chi connectivity index (χ0v) is 12.0. The second-order valence-corrected chi connectivity index (χ2v) is 5.28. The molecule has 0 bridgehead atoms. The van der Waals surface area contributed by atoms with Gasteiger partial charge in [0.25, 0.3) is 0 Å². The monoisotopic (exact) mass is 298 g/mol. The van der Waals surface area contributed by atoms with Crippen LogP contribution >= 0.6 is 15.9 Å². The number of hydrogen-bond acceptors (Lipinski definition) is 2. The molecule has 0 aromatic heterocycles. The largest absolute Gasteiger partial charge is 0.466 e. The van der Waals surface area contributed by atoms with Crippen LogP contribution in [0.5, 0.6) is 0 Å². The number of aryl methyl sites for hydroxylation is 1. The topological polar surface area (TPSA) is 26.3 Å². The van der Waals surface area contributed by atoms with E-state index in [0.29, 0.717) is 13.0 Å². The minimum Gasteiger partial charge on any atom is -0.466 e. The zero-order chi connectivity index (χ0) is 12.7. The van der Waals surface area contributed by atoms with Gasteiger partial charge in [-0.1, -0.05) is 47.1 Å². The molecule has 1 aromatic carbocycles. The maximum absolute atomic E-state index is 11.3. The summed E-state index contributed by atoms with van der Waals surface area (Å²) in [7, 11) is 0. The van der Waals surface area contributed by atoms with E-state index in [2.05, 4.69) is 47.1 Å². The number of ether oxygens (including phenoxy) is 1. The van der Waals surface area contributed by atoms with Crippen LogP contribution in [-0.4, -0.2) is 17.4 Å². The van der Waals surface area contributed by atoms with E-state index in [-0.39, 0.29) is 10.8 Å². The molecule has 0 aliphatic carbocycles. The van der Waals surface area contributed by atoms with Gasteiger partial charge in [-0.3, -0.25) is 4.79 Å². The number of rotatable bonds is 6. The Bertz CT molecular complexity index is 346. The number of alkyl halides is 1. The molecular weight excluding hydrogens is 280 g/mol. The third-order valence-electron chi connectivity index (χ3n) is 2.58. The van der Waals surface area contributed by atoms with Crippen LogP contribution in [0.1, 0.15) is 31.4 Å². The number of esters is 1. The molecule has 1 atom stereocenters. The van der Waals surface area contributed by atoms with Crippen molar-refractivity contribution in [3.8, 4) is 0 Å². The highest BCUT2D eigenvalue weighted by molar-refractivity contribution is 9.09. The molecule has 3 heteroatoms. The van der Waals surface area contributed by atoms with E-state index >= 15 is 0 Å². The normalized spacial score (nSPS) is 12.2. The molecule has 94 valence electrons. The molecule has 2 nitrogen and oxygen atoms in total. The van der Waals surface area contributed by atoms with E-state index in [1.807, 2.05) is 6.92 Å². The molecule has 0 saturated heterocycles. The van der Waals surface area contributed by atoms with E-state index in [9.17, 15) is 4.79 Å². The van der Waals surface area contributed by atoms with Crippen molar-refractivity contribution in [3.05, 3.63) is 35.4 Å². The van der Waals surface area contributed by atoms with Gasteiger partial charge in [0.1, 0.15) is 0 Å². The van der Waals surface area contributed by atoms with E-state index < -0.39 is 0 Å². The van der Waals surface area contributed by atoms with Gasteiger partial charge in [-0.05, 0) is 30.9 Å². The van der Waals surface area contributed by atoms with Crippen molar-refractivity contribution in [1.29, 1.82) is 0 Å². The Balaban J connectivity index is 2.44. The van der Waals surface area contributed by atoms with Gasteiger partial charge in [-0.15, -0.1) is 0 Å². The fourth-order valence-corrected chi connectivity index (χ4v) is 2.28. The quantitative estimate of drug-likeness (QED) is 0.593. The Morgan fingerprint density at radius 2 is 1.82 bits per heavy atom. The van der Waals surface area contributed by atoms with Gasteiger partial charge in [-0.2, -0.15) is 0 Å². The van der Waals surface area contributed by atoms with E-state index in [1.165, 1.54) is 11.1 Å². The lowest BCUT2D eigenvalue weighted by Crippen LogP contribution is -2.13. The van der Waals surface area contributed by atoms with Gasteiger partial charge in [0.2, 0.25) is 0 Å². The van der Waals surface area contributed by atoms with Crippen molar-refractivity contribution in [1.82, 2.24) is 0 Å². The average molecular weight is 299 g/mol. The van der Waals surface area contributed by atoms with E-state index in [0.717, 1.165) is 12.8 Å². The van der Waals surface area contributed by atoms with Crippen molar-refractivity contribution in [3.63, 3.8) is 0 Å². The molecule has 0 saturated carbocycles. The molecular formula is C14H19BrO2. The lowest BCUT2D eigenvalue weighted by atomic mass is 10.1. The molecule has 0 aliphatic rings. The summed E-state index contributed by atoms with van der Waals surface area (Å²) in [4.78, 5) is 11.4. The number of carbonyl (C=O) groups is 1. The molecule has 0 heterocycles. The van der Waals surface area contributed by atoms with Crippen molar-refractivity contribution in [2.75, 3.05) is 6.61 Å². The smallest absolute Gasteiger partial charge is 0.306 e. The van der Waals surface area contributed by atoms with Gasteiger partial charge >= 0.3 is 5.97 Å². The molecule has 0 spiro atoms. The molecule has 1 unspecified atom stereocenters. The maximum Gasteiger partial charge on any atom is 0.306 e. The minimum atomic E-state index is -0.139. The van der Waals surface area contributed by atoms with Gasteiger partial charge in [0.15, 0.2) is 0 Å². The summed E-state index contributed by atoms with van der Waals surface area (Å²) in [6, 6.07) is 8.52.